The van der Waals surface area contributed by atoms with Gasteiger partial charge in [0.05, 0.1) is 18.2 Å². The van der Waals surface area contributed by atoms with Crippen LogP contribution in [0, 0.1) is 0 Å². The third-order valence-corrected chi connectivity index (χ3v) is 4.95. The summed E-state index contributed by atoms with van der Waals surface area (Å²) in [6.45, 7) is 2.25. The molecule has 2 aliphatic rings. The first kappa shape index (κ1) is 19.8. The average molecular weight is 389 g/mol. The van der Waals surface area contributed by atoms with Gasteiger partial charge in [0.15, 0.2) is 0 Å². The lowest BCUT2D eigenvalue weighted by molar-refractivity contribution is 0.0599. The molecule has 0 spiro atoms. The fourth-order valence-corrected chi connectivity index (χ4v) is 3.40. The summed E-state index contributed by atoms with van der Waals surface area (Å²) >= 11 is 0. The molecule has 2 aliphatic heterocycles. The van der Waals surface area contributed by atoms with Crippen LogP contribution < -0.4 is 0 Å². The second-order valence-corrected chi connectivity index (χ2v) is 6.62. The number of hydrogen-bond donors (Lipinski definition) is 0. The van der Waals surface area contributed by atoms with Crippen LogP contribution in [0.3, 0.4) is 0 Å². The maximum Gasteiger partial charge on any atom is 0.409 e. The predicted octanol–water partition coefficient (Wildman–Crippen LogP) is 0.843. The monoisotopic (exact) mass is 389 g/mol. The zero-order chi connectivity index (χ0) is 20.3. The van der Waals surface area contributed by atoms with Crippen molar-refractivity contribution >= 4 is 23.8 Å². The van der Waals surface area contributed by atoms with Gasteiger partial charge in [-0.25, -0.2) is 4.79 Å². The highest BCUT2D eigenvalue weighted by molar-refractivity contribution is 6.22. The molecule has 0 bridgehead atoms. The van der Waals surface area contributed by atoms with Crippen LogP contribution in [0.1, 0.15) is 37.5 Å². The van der Waals surface area contributed by atoms with E-state index >= 15 is 0 Å². The van der Waals surface area contributed by atoms with E-state index in [0.29, 0.717) is 50.3 Å². The first-order valence-electron chi connectivity index (χ1n) is 9.09. The van der Waals surface area contributed by atoms with E-state index in [9.17, 15) is 19.2 Å². The second kappa shape index (κ2) is 8.39. The molecule has 150 valence electrons. The van der Waals surface area contributed by atoms with E-state index in [1.165, 1.54) is 29.0 Å². The van der Waals surface area contributed by atoms with Gasteiger partial charge in [-0.3, -0.25) is 19.3 Å². The van der Waals surface area contributed by atoms with Gasteiger partial charge in [-0.1, -0.05) is 0 Å². The molecule has 1 aromatic carbocycles. The van der Waals surface area contributed by atoms with Gasteiger partial charge in [0.2, 0.25) is 0 Å². The van der Waals surface area contributed by atoms with Gasteiger partial charge < -0.3 is 19.3 Å². The Morgan fingerprint density at radius 2 is 1.61 bits per heavy atom. The number of amides is 4. The van der Waals surface area contributed by atoms with Gasteiger partial charge in [-0.15, -0.1) is 0 Å². The number of fused-ring (bicyclic) bond motifs is 1. The highest BCUT2D eigenvalue weighted by atomic mass is 16.5. The van der Waals surface area contributed by atoms with Gasteiger partial charge >= 0.3 is 6.09 Å². The van der Waals surface area contributed by atoms with Crippen LogP contribution in [0.5, 0.6) is 0 Å². The molecule has 1 saturated heterocycles. The molecule has 0 aliphatic carbocycles. The number of benzene rings is 1. The summed E-state index contributed by atoms with van der Waals surface area (Å²) in [6, 6.07) is 4.59. The van der Waals surface area contributed by atoms with E-state index in [-0.39, 0.29) is 29.8 Å². The standard InChI is InChI=1S/C19H23N3O6/c1-27-11-3-6-22-17(24)14-5-4-13(12-15(14)18(22)25)16(23)20-7-9-21(10-8-20)19(26)28-2/h4-5,12H,3,6-11H2,1-2H3. The summed E-state index contributed by atoms with van der Waals surface area (Å²) in [5.41, 5.74) is 0.918. The summed E-state index contributed by atoms with van der Waals surface area (Å²) in [5, 5.41) is 0. The zero-order valence-electron chi connectivity index (χ0n) is 16.0. The molecule has 0 saturated carbocycles. The van der Waals surface area contributed by atoms with Crippen LogP contribution in [0.2, 0.25) is 0 Å². The zero-order valence-corrected chi connectivity index (χ0v) is 16.0. The molecule has 3 rings (SSSR count). The molecular formula is C19H23N3O6. The average Bonchev–Trinajstić information content (AvgIpc) is 2.97. The number of carbonyl (C=O) groups excluding carboxylic acids is 4. The van der Waals surface area contributed by atoms with Crippen molar-refractivity contribution in [1.82, 2.24) is 14.7 Å². The fourth-order valence-electron chi connectivity index (χ4n) is 3.40. The maximum absolute atomic E-state index is 12.8. The first-order valence-corrected chi connectivity index (χ1v) is 9.09. The molecule has 0 unspecified atom stereocenters. The molecule has 1 fully saturated rings. The van der Waals surface area contributed by atoms with Crippen molar-refractivity contribution in [3.05, 3.63) is 34.9 Å². The van der Waals surface area contributed by atoms with Crippen molar-refractivity contribution in [3.8, 4) is 0 Å². The Morgan fingerprint density at radius 1 is 0.964 bits per heavy atom. The Morgan fingerprint density at radius 3 is 2.25 bits per heavy atom. The summed E-state index contributed by atoms with van der Waals surface area (Å²) in [5.74, 6) is -0.964. The smallest absolute Gasteiger partial charge is 0.409 e. The van der Waals surface area contributed by atoms with Crippen molar-refractivity contribution in [2.24, 2.45) is 0 Å². The molecule has 0 N–H and O–H groups in total. The maximum atomic E-state index is 12.8. The molecular weight excluding hydrogens is 366 g/mol. The number of imide groups is 1. The summed E-state index contributed by atoms with van der Waals surface area (Å²) in [4.78, 5) is 53.7. The quantitative estimate of drug-likeness (QED) is 0.547. The molecule has 9 nitrogen and oxygen atoms in total. The minimum absolute atomic E-state index is 0.231. The number of methoxy groups -OCH3 is 2. The number of hydrogen-bond acceptors (Lipinski definition) is 6. The molecule has 9 heteroatoms. The van der Waals surface area contributed by atoms with Gasteiger partial charge in [0.25, 0.3) is 17.7 Å². The van der Waals surface area contributed by atoms with Crippen molar-refractivity contribution in [2.45, 2.75) is 6.42 Å². The van der Waals surface area contributed by atoms with E-state index in [1.54, 1.807) is 18.1 Å². The second-order valence-electron chi connectivity index (χ2n) is 6.62. The number of nitrogens with zero attached hydrogens (tertiary/aromatic N) is 3. The van der Waals surface area contributed by atoms with E-state index in [1.807, 2.05) is 0 Å². The van der Waals surface area contributed by atoms with Gasteiger partial charge in [-0.05, 0) is 24.6 Å². The van der Waals surface area contributed by atoms with Gasteiger partial charge in [-0.2, -0.15) is 0 Å². The van der Waals surface area contributed by atoms with Gasteiger partial charge in [0.1, 0.15) is 0 Å². The molecule has 2 heterocycles. The lowest BCUT2D eigenvalue weighted by Crippen LogP contribution is -2.50. The Balaban J connectivity index is 1.70. The molecule has 0 radical (unpaired) electrons. The molecule has 1 aromatic rings. The SMILES string of the molecule is COCCCN1C(=O)c2ccc(C(=O)N3CCN(C(=O)OC)CC3)cc2C1=O. The third kappa shape index (κ3) is 3.70. The van der Waals surface area contributed by atoms with E-state index in [4.69, 9.17) is 4.74 Å². The molecule has 0 atom stereocenters. The number of rotatable bonds is 5. The Kier molecular flexibility index (Phi) is 5.93. The first-order chi connectivity index (χ1) is 13.5. The number of piperazine rings is 1. The highest BCUT2D eigenvalue weighted by Crippen LogP contribution is 2.25. The lowest BCUT2D eigenvalue weighted by atomic mass is 10.0. The summed E-state index contributed by atoms with van der Waals surface area (Å²) in [7, 11) is 2.88. The lowest BCUT2D eigenvalue weighted by Gasteiger charge is -2.33. The Bertz CT molecular complexity index is 801. The van der Waals surface area contributed by atoms with Crippen molar-refractivity contribution < 1.29 is 28.7 Å². The minimum Gasteiger partial charge on any atom is -0.453 e. The van der Waals surface area contributed by atoms with Crippen LogP contribution >= 0.6 is 0 Å². The highest BCUT2D eigenvalue weighted by Gasteiger charge is 2.36. The molecule has 0 aromatic heterocycles. The molecule has 28 heavy (non-hydrogen) atoms. The summed E-state index contributed by atoms with van der Waals surface area (Å²) < 4.78 is 9.65. The minimum atomic E-state index is -0.415. The largest absolute Gasteiger partial charge is 0.453 e. The van der Waals surface area contributed by atoms with Crippen LogP contribution in [-0.2, 0) is 9.47 Å². The van der Waals surface area contributed by atoms with Crippen LogP contribution in [0.25, 0.3) is 0 Å². The van der Waals surface area contributed by atoms with Crippen molar-refractivity contribution in [2.75, 3.05) is 53.6 Å². The Hall–Kier alpha value is -2.94. The van der Waals surface area contributed by atoms with Crippen molar-refractivity contribution in [3.63, 3.8) is 0 Å². The van der Waals surface area contributed by atoms with E-state index < -0.39 is 6.09 Å². The summed E-state index contributed by atoms with van der Waals surface area (Å²) in [6.07, 6.45) is 0.139. The fraction of sp³-hybridized carbons (Fsp3) is 0.474. The van der Waals surface area contributed by atoms with Crippen molar-refractivity contribution in [1.29, 1.82) is 0 Å². The normalized spacial score (nSPS) is 16.4. The van der Waals surface area contributed by atoms with Crippen LogP contribution in [0.15, 0.2) is 18.2 Å². The predicted molar refractivity (Wildman–Crippen MR) is 98.2 cm³/mol. The van der Waals surface area contributed by atoms with E-state index in [0.717, 1.165) is 0 Å². The van der Waals surface area contributed by atoms with Crippen LogP contribution in [-0.4, -0.2) is 92.1 Å². The van der Waals surface area contributed by atoms with Gasteiger partial charge in [0, 0.05) is 52.0 Å². The van der Waals surface area contributed by atoms with E-state index in [2.05, 4.69) is 4.74 Å². The molecule has 4 amide bonds. The topological polar surface area (TPSA) is 96.5 Å². The third-order valence-electron chi connectivity index (χ3n) is 4.95. The number of carbonyl (C=O) groups is 4. The van der Waals surface area contributed by atoms with Crippen LogP contribution in [0.4, 0.5) is 4.79 Å². The Labute approximate surface area is 162 Å². The number of ether oxygens (including phenoxy) is 2.